The van der Waals surface area contributed by atoms with Gasteiger partial charge >= 0.3 is 18.1 Å². The number of anilines is 2. The number of carbonyl (C=O) groups is 2. The van der Waals surface area contributed by atoms with Crippen LogP contribution in [-0.4, -0.2) is 89.2 Å². The number of amides is 3. The van der Waals surface area contributed by atoms with Gasteiger partial charge in [0, 0.05) is 44.5 Å². The molecule has 5 rings (SSSR count). The van der Waals surface area contributed by atoms with E-state index in [0.717, 1.165) is 15.8 Å². The summed E-state index contributed by atoms with van der Waals surface area (Å²) in [7, 11) is 1.53. The Morgan fingerprint density at radius 2 is 1.71 bits per heavy atom. The maximum Gasteiger partial charge on any atom is 0.471 e. The highest BCUT2D eigenvalue weighted by Crippen LogP contribution is 2.33. The third-order valence-electron chi connectivity index (χ3n) is 6.71. The van der Waals surface area contributed by atoms with Crippen LogP contribution in [0.15, 0.2) is 30.5 Å². The van der Waals surface area contributed by atoms with Crippen LogP contribution >= 0.6 is 0 Å². The lowest BCUT2D eigenvalue weighted by Gasteiger charge is -2.32. The van der Waals surface area contributed by atoms with Crippen LogP contribution in [0.2, 0.25) is 0 Å². The summed E-state index contributed by atoms with van der Waals surface area (Å²) in [5.74, 6) is -0.649. The van der Waals surface area contributed by atoms with E-state index in [1.165, 1.54) is 7.05 Å². The summed E-state index contributed by atoms with van der Waals surface area (Å²) in [6.45, 7) is 2.37. The molecule has 0 aliphatic carbocycles. The number of likely N-dealkylation sites (tertiary alicyclic amines) is 1. The first-order valence-corrected chi connectivity index (χ1v) is 12.3. The van der Waals surface area contributed by atoms with Gasteiger partial charge in [0.2, 0.25) is 0 Å². The fourth-order valence-corrected chi connectivity index (χ4v) is 4.71. The van der Waals surface area contributed by atoms with Crippen LogP contribution in [-0.2, 0) is 9.53 Å². The summed E-state index contributed by atoms with van der Waals surface area (Å²) in [5.41, 5.74) is 1.90. The molecule has 2 aromatic heterocycles. The number of fused-ring (bicyclic) bond motifs is 1. The van der Waals surface area contributed by atoms with Gasteiger partial charge < -0.3 is 25.2 Å². The number of nitrogens with one attached hydrogen (secondary N) is 2. The van der Waals surface area contributed by atoms with Crippen LogP contribution in [0.3, 0.4) is 0 Å². The van der Waals surface area contributed by atoms with Gasteiger partial charge in [0.25, 0.3) is 0 Å². The van der Waals surface area contributed by atoms with E-state index in [4.69, 9.17) is 14.7 Å². The first-order valence-electron chi connectivity index (χ1n) is 12.3. The predicted octanol–water partition coefficient (Wildman–Crippen LogP) is 2.81. The normalized spacial score (nSPS) is 17.1. The number of carbonyl (C=O) groups excluding carboxylic acids is 2. The van der Waals surface area contributed by atoms with Gasteiger partial charge in [-0.15, -0.1) is 0 Å². The van der Waals surface area contributed by atoms with Crippen molar-refractivity contribution >= 4 is 34.5 Å². The smallest absolute Gasteiger partial charge is 0.378 e. The second-order valence-electron chi connectivity index (χ2n) is 9.10. The van der Waals surface area contributed by atoms with Crippen molar-refractivity contribution < 1.29 is 27.5 Å². The standard InChI is InChI=1S/C24H27F3N8O3/c1-28-23(37)30-16-4-2-15(3-5-16)19-31-20(33-10-12-38-13-11-33)18-14-29-35(21(18)32-19)17-6-8-34(9-7-17)22(36)24(25,26)27/h2-5,14,17H,6-13H2,1H3,(H2,28,30,37). The summed E-state index contributed by atoms with van der Waals surface area (Å²) in [6.07, 6.45) is -2.55. The largest absolute Gasteiger partial charge is 0.471 e. The summed E-state index contributed by atoms with van der Waals surface area (Å²) < 4.78 is 45.9. The molecule has 1 aromatic carbocycles. The molecule has 0 unspecified atom stereocenters. The molecular weight excluding hydrogens is 505 g/mol. The molecular formula is C24H27F3N8O3. The van der Waals surface area contributed by atoms with Gasteiger partial charge in [-0.05, 0) is 37.1 Å². The van der Waals surface area contributed by atoms with Crippen LogP contribution in [0.25, 0.3) is 22.4 Å². The fraction of sp³-hybridized carbons (Fsp3) is 0.458. The number of urea groups is 1. The first-order chi connectivity index (χ1) is 18.2. The number of aromatic nitrogens is 4. The summed E-state index contributed by atoms with van der Waals surface area (Å²) in [6, 6.07) is 6.55. The Balaban J connectivity index is 1.48. The Kier molecular flexibility index (Phi) is 7.06. The molecule has 2 fully saturated rings. The summed E-state index contributed by atoms with van der Waals surface area (Å²) in [4.78, 5) is 35.9. The zero-order valence-electron chi connectivity index (χ0n) is 20.7. The maximum atomic E-state index is 12.9. The highest BCUT2D eigenvalue weighted by atomic mass is 19.4. The van der Waals surface area contributed by atoms with Crippen LogP contribution in [0.1, 0.15) is 18.9 Å². The highest BCUT2D eigenvalue weighted by Gasteiger charge is 2.43. The SMILES string of the molecule is CNC(=O)Nc1ccc(-c2nc(N3CCOCC3)c3cnn(C4CCN(C(=O)C(F)(F)F)CC4)c3n2)cc1. The molecule has 38 heavy (non-hydrogen) atoms. The van der Waals surface area contributed by atoms with E-state index >= 15 is 0 Å². The molecule has 0 radical (unpaired) electrons. The second kappa shape index (κ2) is 10.4. The van der Waals surface area contributed by atoms with E-state index in [1.807, 2.05) is 0 Å². The number of hydrogen-bond acceptors (Lipinski definition) is 7. The van der Waals surface area contributed by atoms with Gasteiger partial charge in [-0.25, -0.2) is 19.4 Å². The second-order valence-corrected chi connectivity index (χ2v) is 9.10. The van der Waals surface area contributed by atoms with E-state index in [2.05, 4.69) is 20.6 Å². The van der Waals surface area contributed by atoms with Crippen molar-refractivity contribution in [2.75, 3.05) is 56.7 Å². The molecule has 2 aliphatic heterocycles. The molecule has 11 nitrogen and oxygen atoms in total. The van der Waals surface area contributed by atoms with Crippen molar-refractivity contribution in [2.24, 2.45) is 0 Å². The third-order valence-corrected chi connectivity index (χ3v) is 6.71. The van der Waals surface area contributed by atoms with Gasteiger partial charge in [0.15, 0.2) is 11.5 Å². The zero-order chi connectivity index (χ0) is 26.9. The zero-order valence-corrected chi connectivity index (χ0v) is 20.7. The van der Waals surface area contributed by atoms with Gasteiger partial charge in [-0.3, -0.25) is 4.79 Å². The number of benzene rings is 1. The maximum absolute atomic E-state index is 12.9. The predicted molar refractivity (Wildman–Crippen MR) is 133 cm³/mol. The molecule has 0 saturated carbocycles. The number of nitrogens with zero attached hydrogens (tertiary/aromatic N) is 6. The van der Waals surface area contributed by atoms with E-state index < -0.39 is 12.1 Å². The third kappa shape index (κ3) is 5.21. The average molecular weight is 533 g/mol. The number of ether oxygens (including phenoxy) is 1. The number of alkyl halides is 3. The molecule has 14 heteroatoms. The van der Waals surface area contributed by atoms with Crippen LogP contribution in [0.5, 0.6) is 0 Å². The van der Waals surface area contributed by atoms with Crippen LogP contribution in [0.4, 0.5) is 29.5 Å². The number of rotatable bonds is 4. The quantitative estimate of drug-likeness (QED) is 0.531. The Bertz CT molecular complexity index is 1310. The minimum atomic E-state index is -4.88. The highest BCUT2D eigenvalue weighted by molar-refractivity contribution is 5.90. The summed E-state index contributed by atoms with van der Waals surface area (Å²) >= 11 is 0. The Morgan fingerprint density at radius 3 is 2.34 bits per heavy atom. The molecule has 3 amide bonds. The average Bonchev–Trinajstić information content (AvgIpc) is 3.36. The van der Waals surface area contributed by atoms with E-state index in [-0.39, 0.29) is 25.2 Å². The first kappa shape index (κ1) is 25.7. The van der Waals surface area contributed by atoms with Crippen molar-refractivity contribution in [3.8, 4) is 11.4 Å². The molecule has 0 atom stereocenters. The lowest BCUT2D eigenvalue weighted by Crippen LogP contribution is -2.45. The van der Waals surface area contributed by atoms with Crippen LogP contribution < -0.4 is 15.5 Å². The van der Waals surface area contributed by atoms with Gasteiger partial charge in [-0.2, -0.15) is 18.3 Å². The number of halogens is 3. The topological polar surface area (TPSA) is 118 Å². The molecule has 2 aliphatic rings. The Labute approximate surface area is 216 Å². The van der Waals surface area contributed by atoms with Crippen molar-refractivity contribution in [3.63, 3.8) is 0 Å². The lowest BCUT2D eigenvalue weighted by molar-refractivity contribution is -0.186. The molecule has 3 aromatic rings. The van der Waals surface area contributed by atoms with Crippen LogP contribution in [0, 0.1) is 0 Å². The van der Waals surface area contributed by atoms with Crippen molar-refractivity contribution in [3.05, 3.63) is 30.5 Å². The van der Waals surface area contributed by atoms with Crippen molar-refractivity contribution in [1.29, 1.82) is 0 Å². The van der Waals surface area contributed by atoms with Crippen molar-refractivity contribution in [2.45, 2.75) is 25.1 Å². The van der Waals surface area contributed by atoms with Gasteiger partial charge in [-0.1, -0.05) is 0 Å². The number of hydrogen-bond donors (Lipinski definition) is 2. The monoisotopic (exact) mass is 532 g/mol. The minimum Gasteiger partial charge on any atom is -0.378 e. The summed E-state index contributed by atoms with van der Waals surface area (Å²) in [5, 5.41) is 10.5. The number of piperidine rings is 1. The van der Waals surface area contributed by atoms with Gasteiger partial charge in [0.05, 0.1) is 30.8 Å². The molecule has 2 saturated heterocycles. The minimum absolute atomic E-state index is 0.0155. The molecule has 0 spiro atoms. The van der Waals surface area contributed by atoms with E-state index in [0.29, 0.717) is 62.1 Å². The fourth-order valence-electron chi connectivity index (χ4n) is 4.71. The Hall–Kier alpha value is -3.94. The molecule has 4 heterocycles. The molecule has 2 N–H and O–H groups in total. The lowest BCUT2D eigenvalue weighted by atomic mass is 10.1. The van der Waals surface area contributed by atoms with Crippen molar-refractivity contribution in [1.82, 2.24) is 30.0 Å². The molecule has 202 valence electrons. The number of morpholine rings is 1. The van der Waals surface area contributed by atoms with Gasteiger partial charge in [0.1, 0.15) is 5.82 Å². The Morgan fingerprint density at radius 1 is 1.03 bits per heavy atom. The molecule has 0 bridgehead atoms. The van der Waals surface area contributed by atoms with E-state index in [1.54, 1.807) is 35.1 Å². The van der Waals surface area contributed by atoms with E-state index in [9.17, 15) is 22.8 Å².